The molecule has 1 saturated carbocycles. The summed E-state index contributed by atoms with van der Waals surface area (Å²) in [5.74, 6) is 1.94. The largest absolute Gasteiger partial charge is 0.319 e. The summed E-state index contributed by atoms with van der Waals surface area (Å²) in [6.45, 7) is 8.34. The van der Waals surface area contributed by atoms with E-state index in [9.17, 15) is 0 Å². The molecule has 1 unspecified atom stereocenters. The third-order valence-corrected chi connectivity index (χ3v) is 5.25. The Balaban J connectivity index is 2.45. The van der Waals surface area contributed by atoms with Crippen LogP contribution in [0.3, 0.4) is 0 Å². The van der Waals surface area contributed by atoms with Gasteiger partial charge in [-0.05, 0) is 56.4 Å². The molecule has 1 heteroatoms. The lowest BCUT2D eigenvalue weighted by atomic mass is 9.65. The monoisotopic (exact) mass is 267 g/mol. The molecule has 0 aliphatic heterocycles. The molecule has 0 amide bonds. The van der Waals surface area contributed by atoms with Crippen molar-refractivity contribution in [2.24, 2.45) is 17.3 Å². The summed E-state index contributed by atoms with van der Waals surface area (Å²) in [6, 6.07) is 0. The summed E-state index contributed by atoms with van der Waals surface area (Å²) in [6.07, 6.45) is 14.4. The van der Waals surface area contributed by atoms with E-state index in [0.717, 1.165) is 11.8 Å². The molecule has 114 valence electrons. The van der Waals surface area contributed by atoms with Crippen molar-refractivity contribution in [3.8, 4) is 0 Å². The van der Waals surface area contributed by atoms with Gasteiger partial charge < -0.3 is 5.32 Å². The van der Waals surface area contributed by atoms with Crippen LogP contribution in [0.5, 0.6) is 0 Å². The molecule has 0 aromatic carbocycles. The van der Waals surface area contributed by atoms with E-state index in [2.05, 4.69) is 33.1 Å². The molecular formula is C18H37N. The quantitative estimate of drug-likeness (QED) is 0.590. The van der Waals surface area contributed by atoms with Gasteiger partial charge in [-0.1, -0.05) is 52.9 Å². The van der Waals surface area contributed by atoms with E-state index < -0.39 is 0 Å². The lowest BCUT2D eigenvalue weighted by Gasteiger charge is -2.42. The highest BCUT2D eigenvalue weighted by molar-refractivity contribution is 4.88. The number of hydrogen-bond acceptors (Lipinski definition) is 1. The highest BCUT2D eigenvalue weighted by Crippen LogP contribution is 2.44. The minimum absolute atomic E-state index is 0.617. The second-order valence-electron chi connectivity index (χ2n) is 7.21. The minimum Gasteiger partial charge on any atom is -0.319 e. The Bertz CT molecular complexity index is 216. The maximum absolute atomic E-state index is 3.48. The van der Waals surface area contributed by atoms with E-state index in [-0.39, 0.29) is 0 Å². The number of nitrogens with one attached hydrogen (secondary N) is 1. The summed E-state index contributed by atoms with van der Waals surface area (Å²) in [5.41, 5.74) is 0.617. The smallest absolute Gasteiger partial charge is 0.000491 e. The van der Waals surface area contributed by atoms with Gasteiger partial charge in [-0.2, -0.15) is 0 Å². The van der Waals surface area contributed by atoms with E-state index >= 15 is 0 Å². The fraction of sp³-hybridized carbons (Fsp3) is 1.00. The van der Waals surface area contributed by atoms with Crippen LogP contribution in [-0.2, 0) is 0 Å². The van der Waals surface area contributed by atoms with Crippen molar-refractivity contribution in [2.45, 2.75) is 85.0 Å². The normalized spacial score (nSPS) is 29.4. The Kier molecular flexibility index (Phi) is 8.06. The van der Waals surface area contributed by atoms with Crippen molar-refractivity contribution in [1.82, 2.24) is 5.32 Å². The van der Waals surface area contributed by atoms with Gasteiger partial charge in [0.05, 0.1) is 0 Å². The van der Waals surface area contributed by atoms with Crippen LogP contribution >= 0.6 is 0 Å². The lowest BCUT2D eigenvalue weighted by Crippen LogP contribution is -2.37. The first-order chi connectivity index (χ1) is 9.15. The molecule has 0 spiro atoms. The van der Waals surface area contributed by atoms with Crippen LogP contribution in [0.2, 0.25) is 0 Å². The molecule has 1 nitrogen and oxygen atoms in total. The second kappa shape index (κ2) is 9.00. The Morgan fingerprint density at radius 1 is 1.16 bits per heavy atom. The molecule has 19 heavy (non-hydrogen) atoms. The van der Waals surface area contributed by atoms with Gasteiger partial charge in [-0.15, -0.1) is 0 Å². The average molecular weight is 268 g/mol. The third-order valence-electron chi connectivity index (χ3n) is 5.25. The van der Waals surface area contributed by atoms with Gasteiger partial charge in [0.2, 0.25) is 0 Å². The van der Waals surface area contributed by atoms with Crippen LogP contribution < -0.4 is 5.32 Å². The zero-order chi connectivity index (χ0) is 14.1. The molecule has 0 aromatic heterocycles. The highest BCUT2D eigenvalue weighted by Gasteiger charge is 2.35. The van der Waals surface area contributed by atoms with Crippen molar-refractivity contribution in [1.29, 1.82) is 0 Å². The van der Waals surface area contributed by atoms with Crippen LogP contribution in [0.4, 0.5) is 0 Å². The highest BCUT2D eigenvalue weighted by atomic mass is 14.8. The van der Waals surface area contributed by atoms with Gasteiger partial charge in [-0.3, -0.25) is 0 Å². The fourth-order valence-electron chi connectivity index (χ4n) is 4.23. The standard InChI is InChI=1S/C18H37N/c1-5-7-9-17-10-12-18(13-11-17,15-19-4)14-16(3)8-6-2/h16-17,19H,5-15H2,1-4H3. The molecule has 0 saturated heterocycles. The Morgan fingerprint density at radius 2 is 1.84 bits per heavy atom. The van der Waals surface area contributed by atoms with E-state index in [1.165, 1.54) is 70.8 Å². The van der Waals surface area contributed by atoms with E-state index in [1.807, 2.05) is 0 Å². The predicted molar refractivity (Wildman–Crippen MR) is 86.5 cm³/mol. The van der Waals surface area contributed by atoms with Crippen LogP contribution in [-0.4, -0.2) is 13.6 Å². The van der Waals surface area contributed by atoms with Gasteiger partial charge in [0.1, 0.15) is 0 Å². The number of unbranched alkanes of at least 4 members (excludes halogenated alkanes) is 1. The summed E-state index contributed by atoms with van der Waals surface area (Å²) in [7, 11) is 2.13. The first-order valence-electron chi connectivity index (χ1n) is 8.80. The molecule has 1 fully saturated rings. The molecule has 1 N–H and O–H groups in total. The van der Waals surface area contributed by atoms with Gasteiger partial charge in [0, 0.05) is 6.54 Å². The molecule has 0 aromatic rings. The molecule has 0 heterocycles. The zero-order valence-electron chi connectivity index (χ0n) is 13.9. The molecular weight excluding hydrogens is 230 g/mol. The average Bonchev–Trinajstić information content (AvgIpc) is 2.39. The molecule has 1 aliphatic carbocycles. The molecule has 0 radical (unpaired) electrons. The Morgan fingerprint density at radius 3 is 2.37 bits per heavy atom. The van der Waals surface area contributed by atoms with E-state index in [4.69, 9.17) is 0 Å². The van der Waals surface area contributed by atoms with E-state index in [1.54, 1.807) is 0 Å². The van der Waals surface area contributed by atoms with Crippen LogP contribution in [0.15, 0.2) is 0 Å². The van der Waals surface area contributed by atoms with Gasteiger partial charge in [0.15, 0.2) is 0 Å². The van der Waals surface area contributed by atoms with Gasteiger partial charge in [-0.25, -0.2) is 0 Å². The van der Waals surface area contributed by atoms with Crippen molar-refractivity contribution in [3.05, 3.63) is 0 Å². The Labute approximate surface area is 121 Å². The predicted octanol–water partition coefficient (Wildman–Crippen LogP) is 5.40. The lowest BCUT2D eigenvalue weighted by molar-refractivity contribution is 0.109. The maximum Gasteiger partial charge on any atom is 0.000491 e. The summed E-state index contributed by atoms with van der Waals surface area (Å²) >= 11 is 0. The van der Waals surface area contributed by atoms with Crippen LogP contribution in [0, 0.1) is 17.3 Å². The number of rotatable bonds is 9. The third kappa shape index (κ3) is 5.85. The van der Waals surface area contributed by atoms with Crippen LogP contribution in [0.1, 0.15) is 85.0 Å². The SMILES string of the molecule is CCCCC1CCC(CNC)(CC(C)CCC)CC1. The minimum atomic E-state index is 0.617. The first-order valence-corrected chi connectivity index (χ1v) is 8.80. The molecule has 1 aliphatic rings. The van der Waals surface area contributed by atoms with Crippen molar-refractivity contribution >= 4 is 0 Å². The maximum atomic E-state index is 3.48. The van der Waals surface area contributed by atoms with Crippen molar-refractivity contribution in [3.63, 3.8) is 0 Å². The van der Waals surface area contributed by atoms with Gasteiger partial charge in [0.25, 0.3) is 0 Å². The summed E-state index contributed by atoms with van der Waals surface area (Å²) in [4.78, 5) is 0. The summed E-state index contributed by atoms with van der Waals surface area (Å²) in [5, 5.41) is 3.48. The van der Waals surface area contributed by atoms with Crippen molar-refractivity contribution in [2.75, 3.05) is 13.6 Å². The molecule has 1 rings (SSSR count). The molecule has 1 atom stereocenters. The van der Waals surface area contributed by atoms with Crippen molar-refractivity contribution < 1.29 is 0 Å². The second-order valence-corrected chi connectivity index (χ2v) is 7.21. The van der Waals surface area contributed by atoms with Gasteiger partial charge >= 0.3 is 0 Å². The summed E-state index contributed by atoms with van der Waals surface area (Å²) < 4.78 is 0. The fourth-order valence-corrected chi connectivity index (χ4v) is 4.23. The molecule has 0 bridgehead atoms. The topological polar surface area (TPSA) is 12.0 Å². The van der Waals surface area contributed by atoms with Crippen LogP contribution in [0.25, 0.3) is 0 Å². The Hall–Kier alpha value is -0.0400. The first kappa shape index (κ1) is 17.0. The zero-order valence-corrected chi connectivity index (χ0v) is 13.9. The number of hydrogen-bond donors (Lipinski definition) is 1. The van der Waals surface area contributed by atoms with E-state index in [0.29, 0.717) is 5.41 Å².